The van der Waals surface area contributed by atoms with Crippen LogP contribution < -0.4 is 0 Å². The third-order valence-corrected chi connectivity index (χ3v) is 13.4. The summed E-state index contributed by atoms with van der Waals surface area (Å²) >= 11 is 0. The Labute approximate surface area is 252 Å². The average molecular weight is 589 g/mol. The average Bonchev–Trinajstić information content (AvgIpc) is 2.79. The van der Waals surface area contributed by atoms with Crippen molar-refractivity contribution in [2.45, 2.75) is 166 Å². The van der Waals surface area contributed by atoms with Crippen molar-refractivity contribution < 1.29 is 34.4 Å². The molecule has 8 aliphatic rings. The molecule has 0 radical (unpaired) electrons. The van der Waals surface area contributed by atoms with E-state index in [0.717, 1.165) is 25.7 Å². The molecular formula is C35H56O7. The molecule has 0 amide bonds. The lowest BCUT2D eigenvalue weighted by Gasteiger charge is -2.65. The number of carbonyl (C=O) groups excluding carboxylic acids is 2. The van der Waals surface area contributed by atoms with Crippen molar-refractivity contribution in [1.82, 2.24) is 0 Å². The monoisotopic (exact) mass is 588 g/mol. The van der Waals surface area contributed by atoms with Gasteiger partial charge in [-0.3, -0.25) is 9.59 Å². The van der Waals surface area contributed by atoms with E-state index in [1.54, 1.807) is 0 Å². The van der Waals surface area contributed by atoms with E-state index in [1.807, 2.05) is 27.7 Å². The molecule has 8 rings (SSSR count). The van der Waals surface area contributed by atoms with Crippen molar-refractivity contribution in [2.24, 2.45) is 39.9 Å². The fourth-order valence-electron chi connectivity index (χ4n) is 12.0. The molecule has 42 heavy (non-hydrogen) atoms. The van der Waals surface area contributed by atoms with Gasteiger partial charge >= 0.3 is 11.9 Å². The lowest BCUT2D eigenvalue weighted by Crippen LogP contribution is -2.67. The molecule has 8 aliphatic carbocycles. The first-order valence-corrected chi connectivity index (χ1v) is 16.8. The molecule has 8 bridgehead atoms. The van der Waals surface area contributed by atoms with E-state index < -0.39 is 38.8 Å². The van der Waals surface area contributed by atoms with E-state index in [4.69, 9.17) is 9.47 Å². The van der Waals surface area contributed by atoms with Crippen LogP contribution in [0, 0.1) is 39.9 Å². The fraction of sp³-hybridized carbons (Fsp3) is 0.943. The SMILES string of the molecule is CCC(C)(CC(C)(C)C(=O)OC12CC3CC(O)(CC(O)(C3)C1)C2)C(=O)OC(C)(C(C)C)C12CC3CC(CC(O)(C3)C1)C2. The Kier molecular flexibility index (Phi) is 6.74. The number of carbonyl (C=O) groups is 2. The highest BCUT2D eigenvalue weighted by molar-refractivity contribution is 5.81. The standard InChI is InChI=1S/C35H56O7/c1-8-29(6,17-28(4,5)26(36)42-35-16-25-14-33(39,20-35)19-34(40,15-25)21-35)27(37)41-30(7,22(2)3)31-10-23-9-24(11-31)13-32(38,12-23)18-31/h22-25,38-40H,8-21H2,1-7H3. The molecule has 7 nitrogen and oxygen atoms in total. The predicted octanol–water partition coefficient (Wildman–Crippen LogP) is 5.85. The van der Waals surface area contributed by atoms with Crippen molar-refractivity contribution in [3.05, 3.63) is 0 Å². The largest absolute Gasteiger partial charge is 0.458 e. The summed E-state index contributed by atoms with van der Waals surface area (Å²) < 4.78 is 13.0. The van der Waals surface area contributed by atoms with Crippen LogP contribution in [0.4, 0.5) is 0 Å². The van der Waals surface area contributed by atoms with E-state index in [2.05, 4.69) is 20.8 Å². The van der Waals surface area contributed by atoms with Gasteiger partial charge in [0.2, 0.25) is 0 Å². The Morgan fingerprint density at radius 3 is 1.79 bits per heavy atom. The minimum atomic E-state index is -0.980. The topological polar surface area (TPSA) is 113 Å². The third kappa shape index (κ3) is 4.78. The maximum atomic E-state index is 14.3. The lowest BCUT2D eigenvalue weighted by atomic mass is 9.43. The molecule has 0 aromatic carbocycles. The number of ether oxygens (including phenoxy) is 2. The normalized spacial score (nSPS) is 46.4. The number of hydrogen-bond acceptors (Lipinski definition) is 7. The molecular weight excluding hydrogens is 532 g/mol. The molecule has 238 valence electrons. The molecule has 8 fully saturated rings. The summed E-state index contributed by atoms with van der Waals surface area (Å²) in [4.78, 5) is 28.1. The van der Waals surface area contributed by atoms with E-state index in [-0.39, 0.29) is 35.6 Å². The van der Waals surface area contributed by atoms with Gasteiger partial charge in [0.1, 0.15) is 11.2 Å². The van der Waals surface area contributed by atoms with E-state index in [9.17, 15) is 24.9 Å². The zero-order valence-corrected chi connectivity index (χ0v) is 27.2. The van der Waals surface area contributed by atoms with Gasteiger partial charge in [-0.1, -0.05) is 20.8 Å². The van der Waals surface area contributed by atoms with Gasteiger partial charge < -0.3 is 24.8 Å². The van der Waals surface area contributed by atoms with E-state index >= 15 is 0 Å². The van der Waals surface area contributed by atoms with E-state index in [1.165, 1.54) is 6.42 Å². The molecule has 6 unspecified atom stereocenters. The number of hydrogen-bond donors (Lipinski definition) is 3. The van der Waals surface area contributed by atoms with Gasteiger partial charge in [-0.05, 0) is 122 Å². The summed E-state index contributed by atoms with van der Waals surface area (Å²) in [5, 5.41) is 33.8. The van der Waals surface area contributed by atoms with Crippen molar-refractivity contribution in [1.29, 1.82) is 0 Å². The maximum Gasteiger partial charge on any atom is 0.312 e. The molecule has 0 aliphatic heterocycles. The molecule has 6 atom stereocenters. The van der Waals surface area contributed by atoms with Crippen LogP contribution in [0.15, 0.2) is 0 Å². The summed E-state index contributed by atoms with van der Waals surface area (Å²) in [6, 6.07) is 0. The van der Waals surface area contributed by atoms with Gasteiger partial charge in [0.25, 0.3) is 0 Å². The zero-order chi connectivity index (χ0) is 30.8. The Morgan fingerprint density at radius 1 is 0.762 bits per heavy atom. The number of aliphatic hydroxyl groups is 3. The van der Waals surface area contributed by atoms with Crippen LogP contribution in [0.1, 0.15) is 138 Å². The van der Waals surface area contributed by atoms with Crippen molar-refractivity contribution in [3.63, 3.8) is 0 Å². The highest BCUT2D eigenvalue weighted by Gasteiger charge is 2.67. The van der Waals surface area contributed by atoms with Gasteiger partial charge in [-0.15, -0.1) is 0 Å². The summed E-state index contributed by atoms with van der Waals surface area (Å²) in [5.41, 5.74) is -6.30. The molecule has 0 aromatic heterocycles. The smallest absolute Gasteiger partial charge is 0.312 e. The summed E-state index contributed by atoms with van der Waals surface area (Å²) in [5.74, 6) is 0.551. The summed E-state index contributed by atoms with van der Waals surface area (Å²) in [6.45, 7) is 13.9. The van der Waals surface area contributed by atoms with Crippen molar-refractivity contribution in [3.8, 4) is 0 Å². The molecule has 0 saturated heterocycles. The Morgan fingerprint density at radius 2 is 1.31 bits per heavy atom. The first kappa shape index (κ1) is 30.8. The highest BCUT2D eigenvalue weighted by atomic mass is 16.6. The second-order valence-electron chi connectivity index (χ2n) is 18.1. The van der Waals surface area contributed by atoms with Crippen LogP contribution in [-0.4, -0.2) is 55.3 Å². The Hall–Kier alpha value is -1.18. The minimum Gasteiger partial charge on any atom is -0.458 e. The van der Waals surface area contributed by atoms with Gasteiger partial charge in [0.05, 0.1) is 27.6 Å². The molecule has 3 N–H and O–H groups in total. The molecule has 7 heteroatoms. The molecule has 0 heterocycles. The lowest BCUT2D eigenvalue weighted by molar-refractivity contribution is -0.265. The maximum absolute atomic E-state index is 14.3. The van der Waals surface area contributed by atoms with Gasteiger partial charge in [0, 0.05) is 24.7 Å². The summed E-state index contributed by atoms with van der Waals surface area (Å²) in [7, 11) is 0. The number of rotatable bonds is 9. The van der Waals surface area contributed by atoms with Crippen molar-refractivity contribution in [2.75, 3.05) is 0 Å². The van der Waals surface area contributed by atoms with Crippen LogP contribution in [0.25, 0.3) is 0 Å². The van der Waals surface area contributed by atoms with E-state index in [0.29, 0.717) is 63.2 Å². The van der Waals surface area contributed by atoms with Crippen LogP contribution in [-0.2, 0) is 19.1 Å². The second kappa shape index (κ2) is 9.19. The third-order valence-electron chi connectivity index (χ3n) is 13.4. The highest BCUT2D eigenvalue weighted by Crippen LogP contribution is 2.67. The zero-order valence-electron chi connectivity index (χ0n) is 27.2. The van der Waals surface area contributed by atoms with Crippen LogP contribution in [0.3, 0.4) is 0 Å². The van der Waals surface area contributed by atoms with Gasteiger partial charge in [-0.2, -0.15) is 0 Å². The van der Waals surface area contributed by atoms with Crippen LogP contribution >= 0.6 is 0 Å². The van der Waals surface area contributed by atoms with Crippen molar-refractivity contribution >= 4 is 11.9 Å². The van der Waals surface area contributed by atoms with Gasteiger partial charge in [-0.25, -0.2) is 0 Å². The Bertz CT molecular complexity index is 1110. The number of esters is 2. The molecule has 0 spiro atoms. The molecule has 0 aromatic rings. The summed E-state index contributed by atoms with van der Waals surface area (Å²) in [6.07, 6.45) is 9.48. The first-order valence-electron chi connectivity index (χ1n) is 16.8. The predicted molar refractivity (Wildman–Crippen MR) is 158 cm³/mol. The van der Waals surface area contributed by atoms with Crippen LogP contribution in [0.2, 0.25) is 0 Å². The van der Waals surface area contributed by atoms with Gasteiger partial charge in [0.15, 0.2) is 0 Å². The van der Waals surface area contributed by atoms with Crippen LogP contribution in [0.5, 0.6) is 0 Å². The fourth-order valence-corrected chi connectivity index (χ4v) is 12.0. The minimum absolute atomic E-state index is 0.0769. The Balaban J connectivity index is 1.20. The molecule has 8 saturated carbocycles. The second-order valence-corrected chi connectivity index (χ2v) is 18.1. The quantitative estimate of drug-likeness (QED) is 0.290. The first-order chi connectivity index (χ1) is 19.2.